The Labute approximate surface area is 27.7 Å². The number of nitrogens with zero attached hydrogens (tertiary/aromatic N) is 2. The molecule has 0 fully saturated rings. The van der Waals surface area contributed by atoms with E-state index in [9.17, 15) is 4.48 Å². The Morgan fingerprint density at radius 2 is 2.20 bits per heavy atom. The summed E-state index contributed by atoms with van der Waals surface area (Å²) in [5.74, 6) is 0. The highest BCUT2D eigenvalue weighted by atomic mass is 19.2. The Balaban J connectivity index is 2.94. The van der Waals surface area contributed by atoms with E-state index in [1.54, 1.807) is 0 Å². The summed E-state index contributed by atoms with van der Waals surface area (Å²) in [7, 11) is 0. The van der Waals surface area contributed by atoms with Gasteiger partial charge in [-0.2, -0.15) is 5.26 Å². The van der Waals surface area contributed by atoms with Gasteiger partial charge in [0.25, 0.3) is 0 Å². The molecular weight excluding hydrogens is 75.0 g/mol. The third kappa shape index (κ3) is 3.18. The molecular formula is CHFN2O. The summed E-state index contributed by atoms with van der Waals surface area (Å²) < 4.78 is 10.5. The maximum absolute atomic E-state index is 10.5. The molecule has 5 heavy (non-hydrogen) atoms. The van der Waals surface area contributed by atoms with Crippen LogP contribution in [0.5, 0.6) is 0 Å². The number of hydrogen-bond donors (Lipinski definition) is 1. The molecule has 0 bridgehead atoms. The quantitative estimate of drug-likeness (QED) is 0.192. The number of hydrogen-bond acceptors (Lipinski definition) is 3. The molecule has 0 heterocycles. The molecule has 4 heteroatoms. The summed E-state index contributed by atoms with van der Waals surface area (Å²) in [6, 6.07) is 0. The summed E-state index contributed by atoms with van der Waals surface area (Å²) in [5, 5.41) is 13.3. The number of rotatable bonds is 0. The SMILES string of the molecule is N#CN(O)F. The van der Waals surface area contributed by atoms with E-state index < -0.39 is 5.29 Å². The van der Waals surface area contributed by atoms with Crippen molar-refractivity contribution in [2.45, 2.75) is 0 Å². The van der Waals surface area contributed by atoms with E-state index in [2.05, 4.69) is 0 Å². The zero-order chi connectivity index (χ0) is 4.28. The first-order valence-corrected chi connectivity index (χ1v) is 0.816. The largest absolute Gasteiger partial charge is 0.251 e. The van der Waals surface area contributed by atoms with Crippen LogP contribution in [0, 0.1) is 11.5 Å². The van der Waals surface area contributed by atoms with Gasteiger partial charge in [0, 0.05) is 0 Å². The second kappa shape index (κ2) is 1.49. The Bertz CT molecular complexity index is 55.2. The smallest absolute Gasteiger partial charge is 0.239 e. The van der Waals surface area contributed by atoms with Gasteiger partial charge in [0.05, 0.1) is 0 Å². The van der Waals surface area contributed by atoms with Crippen molar-refractivity contribution in [2.75, 3.05) is 0 Å². The van der Waals surface area contributed by atoms with E-state index in [4.69, 9.17) is 10.5 Å². The predicted octanol–water partition coefficient (Wildman–Crippen LogP) is 0.0432. The van der Waals surface area contributed by atoms with Crippen LogP contribution in [-0.2, 0) is 0 Å². The first-order chi connectivity index (χ1) is 2.27. The third-order valence-corrected chi connectivity index (χ3v) is 0.0825. The number of nitriles is 1. The van der Waals surface area contributed by atoms with Gasteiger partial charge < -0.3 is 0 Å². The first kappa shape index (κ1) is 4.18. The molecule has 0 radical (unpaired) electrons. The van der Waals surface area contributed by atoms with Crippen LogP contribution in [0.1, 0.15) is 0 Å². The minimum atomic E-state index is -1.07. The zero-order valence-electron chi connectivity index (χ0n) is 2.22. The summed E-state index contributed by atoms with van der Waals surface area (Å²) in [6.07, 6.45) is 0.750. The molecule has 28 valence electrons. The van der Waals surface area contributed by atoms with Gasteiger partial charge in [-0.15, -0.1) is 0 Å². The summed E-state index contributed by atoms with van der Waals surface area (Å²) in [5.41, 5.74) is 0. The van der Waals surface area contributed by atoms with Gasteiger partial charge >= 0.3 is 0 Å². The highest BCUT2D eigenvalue weighted by Gasteiger charge is 1.77. The van der Waals surface area contributed by atoms with Crippen LogP contribution in [0.25, 0.3) is 0 Å². The van der Waals surface area contributed by atoms with Crippen molar-refractivity contribution >= 4 is 0 Å². The highest BCUT2D eigenvalue weighted by Crippen LogP contribution is 1.67. The molecule has 3 nitrogen and oxygen atoms in total. The van der Waals surface area contributed by atoms with Crippen LogP contribution in [0.4, 0.5) is 4.48 Å². The lowest BCUT2D eigenvalue weighted by Crippen LogP contribution is -1.92. The minimum absolute atomic E-state index is 0.750. The second-order valence-electron chi connectivity index (χ2n) is 0.360. The van der Waals surface area contributed by atoms with E-state index in [1.165, 1.54) is 0 Å². The molecule has 0 saturated heterocycles. The van der Waals surface area contributed by atoms with Crippen LogP contribution < -0.4 is 0 Å². The Hall–Kier alpha value is -0.820. The fraction of sp³-hybridized carbons (Fsp3) is 0. The van der Waals surface area contributed by atoms with E-state index in [0.29, 0.717) is 0 Å². The molecule has 0 atom stereocenters. The van der Waals surface area contributed by atoms with Gasteiger partial charge in [-0.05, 0) is 5.29 Å². The molecule has 0 unspecified atom stereocenters. The second-order valence-corrected chi connectivity index (χ2v) is 0.360. The molecule has 0 aliphatic carbocycles. The fourth-order valence-electron chi connectivity index (χ4n) is 0. The van der Waals surface area contributed by atoms with E-state index in [0.717, 1.165) is 6.19 Å². The molecule has 0 aromatic carbocycles. The van der Waals surface area contributed by atoms with Crippen molar-refractivity contribution in [3.8, 4) is 6.19 Å². The minimum Gasteiger partial charge on any atom is -0.251 e. The standard InChI is InChI=1S/CHFN2O/c2-4(5)1-3/h5H. The lowest BCUT2D eigenvalue weighted by molar-refractivity contribution is -0.183. The summed E-state index contributed by atoms with van der Waals surface area (Å²) in [6.45, 7) is 0. The zero-order valence-corrected chi connectivity index (χ0v) is 2.22. The van der Waals surface area contributed by atoms with Gasteiger partial charge in [-0.3, -0.25) is 5.21 Å². The van der Waals surface area contributed by atoms with E-state index in [1.807, 2.05) is 0 Å². The van der Waals surface area contributed by atoms with Crippen LogP contribution in [0.3, 0.4) is 0 Å². The molecule has 0 aliphatic rings. The van der Waals surface area contributed by atoms with Crippen LogP contribution in [0.15, 0.2) is 0 Å². The molecule has 0 spiro atoms. The monoisotopic (exact) mass is 76.0 g/mol. The maximum atomic E-state index is 10.5. The van der Waals surface area contributed by atoms with Crippen molar-refractivity contribution in [3.05, 3.63) is 0 Å². The highest BCUT2D eigenvalue weighted by molar-refractivity contribution is 4.49. The van der Waals surface area contributed by atoms with Gasteiger partial charge in [0.2, 0.25) is 6.19 Å². The molecule has 0 aromatic heterocycles. The Morgan fingerprint density at radius 3 is 2.20 bits per heavy atom. The summed E-state index contributed by atoms with van der Waals surface area (Å²) >= 11 is 0. The predicted molar refractivity (Wildman–Crippen MR) is 10.3 cm³/mol. The van der Waals surface area contributed by atoms with Crippen molar-refractivity contribution < 1.29 is 9.69 Å². The average Bonchev–Trinajstić information content (AvgIpc) is 1.38. The normalized spacial score (nSPS) is 5.80. The maximum Gasteiger partial charge on any atom is 0.239 e. The van der Waals surface area contributed by atoms with Crippen molar-refractivity contribution in [2.24, 2.45) is 0 Å². The number of halogens is 1. The van der Waals surface area contributed by atoms with Crippen molar-refractivity contribution in [3.63, 3.8) is 0 Å². The molecule has 0 saturated carbocycles. The van der Waals surface area contributed by atoms with E-state index >= 15 is 0 Å². The van der Waals surface area contributed by atoms with Crippen LogP contribution >= 0.6 is 0 Å². The van der Waals surface area contributed by atoms with Gasteiger partial charge in [0.15, 0.2) is 0 Å². The molecule has 0 aliphatic heterocycles. The molecule has 0 rings (SSSR count). The third-order valence-electron chi connectivity index (χ3n) is 0.0825. The van der Waals surface area contributed by atoms with E-state index in [-0.39, 0.29) is 0 Å². The molecule has 0 aromatic rings. The van der Waals surface area contributed by atoms with Crippen LogP contribution in [-0.4, -0.2) is 10.5 Å². The lowest BCUT2D eigenvalue weighted by atomic mass is 11.4. The first-order valence-electron chi connectivity index (χ1n) is 0.816. The van der Waals surface area contributed by atoms with Crippen molar-refractivity contribution in [1.82, 2.24) is 5.29 Å². The van der Waals surface area contributed by atoms with Gasteiger partial charge in [-0.25, -0.2) is 0 Å². The average molecular weight is 76.0 g/mol. The van der Waals surface area contributed by atoms with Crippen molar-refractivity contribution in [1.29, 1.82) is 5.26 Å². The summed E-state index contributed by atoms with van der Waals surface area (Å²) in [4.78, 5) is 0. The fourth-order valence-corrected chi connectivity index (χ4v) is 0. The van der Waals surface area contributed by atoms with Gasteiger partial charge in [0.1, 0.15) is 0 Å². The molecule has 0 amide bonds. The Morgan fingerprint density at radius 1 is 2.00 bits per heavy atom. The number of hydroxylamine groups is 1. The van der Waals surface area contributed by atoms with Crippen LogP contribution in [0.2, 0.25) is 0 Å². The van der Waals surface area contributed by atoms with Gasteiger partial charge in [-0.1, -0.05) is 4.48 Å². The molecule has 1 N–H and O–H groups in total. The lowest BCUT2D eigenvalue weighted by Gasteiger charge is -1.79. The Kier molecular flexibility index (Phi) is 1.25. The topological polar surface area (TPSA) is 47.3 Å².